The van der Waals surface area contributed by atoms with E-state index in [2.05, 4.69) is 0 Å². The molecule has 2 aromatic carbocycles. The number of aliphatic hydroxyl groups is 3. The summed E-state index contributed by atoms with van der Waals surface area (Å²) in [5.74, 6) is -2.68. The number of para-hydroxylation sites is 1. The predicted octanol–water partition coefficient (Wildman–Crippen LogP) is 0.988. The summed E-state index contributed by atoms with van der Waals surface area (Å²) < 4.78 is 22.6. The van der Waals surface area contributed by atoms with Crippen LogP contribution in [0.25, 0.3) is 22.6 Å². The van der Waals surface area contributed by atoms with E-state index in [-0.39, 0.29) is 39.7 Å². The van der Waals surface area contributed by atoms with Crippen LogP contribution < -0.4 is 10.2 Å². The molecule has 1 aliphatic carbocycles. The second-order valence-electron chi connectivity index (χ2n) is 9.26. The van der Waals surface area contributed by atoms with Gasteiger partial charge in [-0.15, -0.1) is 0 Å². The summed E-state index contributed by atoms with van der Waals surface area (Å²) in [5, 5.41) is 71.6. The number of aliphatic hydroxyl groups excluding tert-OH is 3. The Balaban J connectivity index is 1.46. The van der Waals surface area contributed by atoms with Crippen LogP contribution in [0.3, 0.4) is 0 Å². The Morgan fingerprint density at radius 1 is 0.829 bits per heavy atom. The van der Waals surface area contributed by atoms with Crippen LogP contribution in [0.1, 0.15) is 5.56 Å². The number of phenols is 4. The van der Waals surface area contributed by atoms with Gasteiger partial charge in [0, 0.05) is 17.7 Å². The van der Waals surface area contributed by atoms with Crippen molar-refractivity contribution in [2.45, 2.75) is 30.7 Å². The molecule has 2 aliphatic heterocycles. The number of aromatic hydroxyl groups is 4. The predicted molar refractivity (Wildman–Crippen MR) is 139 cm³/mol. The second kappa shape index (κ2) is 11.0. The number of phenolic OH excluding ortho intramolecular Hbond substituents is 4. The van der Waals surface area contributed by atoms with E-state index in [9.17, 15) is 45.3 Å². The highest BCUT2D eigenvalue weighted by atomic mass is 16.7. The van der Waals surface area contributed by atoms with E-state index in [1.807, 2.05) is 0 Å². The molecule has 0 aromatic heterocycles. The van der Waals surface area contributed by atoms with Gasteiger partial charge in [-0.3, -0.25) is 4.79 Å². The molecule has 1 fully saturated rings. The Labute approximate surface area is 230 Å². The normalized spacial score (nSPS) is 22.4. The first kappa shape index (κ1) is 27.7. The number of fused-ring (bicyclic) bond motifs is 1. The smallest absolute Gasteiger partial charge is 0.507 e. The molecular weight excluding hydrogens is 544 g/mol. The lowest BCUT2D eigenvalue weighted by molar-refractivity contribution is -0.276. The van der Waals surface area contributed by atoms with Crippen molar-refractivity contribution in [1.29, 1.82) is 0 Å². The van der Waals surface area contributed by atoms with Gasteiger partial charge in [-0.05, 0) is 36.4 Å². The van der Waals surface area contributed by atoms with Crippen molar-refractivity contribution in [3.8, 4) is 51.4 Å². The Kier molecular flexibility index (Phi) is 7.43. The summed E-state index contributed by atoms with van der Waals surface area (Å²) in [7, 11) is 0. The van der Waals surface area contributed by atoms with Gasteiger partial charge in [0.2, 0.25) is 12.9 Å². The van der Waals surface area contributed by atoms with Gasteiger partial charge in [-0.2, -0.15) is 0 Å². The minimum absolute atomic E-state index is 0.0354. The summed E-state index contributed by atoms with van der Waals surface area (Å²) in [6.45, 7) is -0.543. The van der Waals surface area contributed by atoms with E-state index < -0.39 is 66.0 Å². The van der Waals surface area contributed by atoms with E-state index in [0.717, 1.165) is 18.2 Å². The monoisotopic (exact) mass is 569 g/mol. The Morgan fingerprint density at radius 3 is 2.32 bits per heavy atom. The fourth-order valence-electron chi connectivity index (χ4n) is 4.30. The third-order valence-corrected chi connectivity index (χ3v) is 6.47. The molecule has 0 radical (unpaired) electrons. The number of carbonyl (C=O) groups excluding carboxylic acids is 1. The molecule has 5 rings (SSSR count). The first-order valence-corrected chi connectivity index (χ1v) is 12.2. The van der Waals surface area contributed by atoms with Crippen molar-refractivity contribution in [3.63, 3.8) is 0 Å². The summed E-state index contributed by atoms with van der Waals surface area (Å²) in [6, 6.07) is 12.8. The van der Waals surface area contributed by atoms with Gasteiger partial charge in [-0.1, -0.05) is 12.1 Å². The third kappa shape index (κ3) is 5.47. The summed E-state index contributed by atoms with van der Waals surface area (Å²) in [5.41, 5.74) is -0.395. The Hall–Kier alpha value is -4.82. The van der Waals surface area contributed by atoms with Gasteiger partial charge in [0.1, 0.15) is 35.6 Å². The average Bonchev–Trinajstić information content (AvgIpc) is 2.94. The molecule has 1 saturated heterocycles. The average molecular weight is 569 g/mol. The topological polar surface area (TPSA) is 221 Å². The first-order chi connectivity index (χ1) is 19.5. The highest BCUT2D eigenvalue weighted by Crippen LogP contribution is 2.43. The van der Waals surface area contributed by atoms with Gasteiger partial charge >= 0.3 is 5.97 Å². The van der Waals surface area contributed by atoms with Crippen LogP contribution in [0.2, 0.25) is 0 Å². The summed E-state index contributed by atoms with van der Waals surface area (Å²) in [4.78, 5) is 22.2. The van der Waals surface area contributed by atoms with Crippen LogP contribution in [-0.2, 0) is 9.47 Å². The fourth-order valence-corrected chi connectivity index (χ4v) is 4.30. The molecule has 13 heteroatoms. The molecule has 13 nitrogen and oxygen atoms in total. The third-order valence-electron chi connectivity index (χ3n) is 6.47. The minimum Gasteiger partial charge on any atom is -0.507 e. The molecule has 0 unspecified atom stereocenters. The molecule has 5 atom stereocenters. The van der Waals surface area contributed by atoms with Crippen molar-refractivity contribution >= 4 is 5.97 Å². The van der Waals surface area contributed by atoms with E-state index in [4.69, 9.17) is 18.6 Å². The number of hydrogen-bond acceptors (Lipinski definition) is 12. The van der Waals surface area contributed by atoms with Crippen molar-refractivity contribution in [2.24, 2.45) is 0 Å². The molecule has 0 spiro atoms. The number of benzene rings is 3. The zero-order valence-corrected chi connectivity index (χ0v) is 21.0. The fraction of sp³-hybridized carbons (Fsp3) is 0.214. The Morgan fingerprint density at radius 2 is 1.59 bits per heavy atom. The molecule has 41 heavy (non-hydrogen) atoms. The van der Waals surface area contributed by atoms with Crippen LogP contribution in [0.15, 0.2) is 69.9 Å². The number of hydrogen-bond donors (Lipinski definition) is 7. The highest BCUT2D eigenvalue weighted by Gasteiger charge is 2.47. The maximum Gasteiger partial charge on any atom is 0.521 e. The maximum absolute atomic E-state index is 11.9. The molecule has 3 aliphatic rings. The van der Waals surface area contributed by atoms with Gasteiger partial charge in [0.25, 0.3) is 0 Å². The van der Waals surface area contributed by atoms with E-state index in [1.165, 1.54) is 36.4 Å². The number of rotatable bonds is 6. The first-order valence-electron chi connectivity index (χ1n) is 12.2. The maximum atomic E-state index is 11.9. The summed E-state index contributed by atoms with van der Waals surface area (Å²) in [6.07, 6.45) is -8.33. The van der Waals surface area contributed by atoms with Crippen molar-refractivity contribution in [3.05, 3.63) is 76.5 Å². The van der Waals surface area contributed by atoms with Crippen LogP contribution in [-0.4, -0.2) is 83.8 Å². The van der Waals surface area contributed by atoms with E-state index in [1.54, 1.807) is 6.07 Å². The quantitative estimate of drug-likeness (QED) is 0.0981. The van der Waals surface area contributed by atoms with Crippen LogP contribution in [0.5, 0.6) is 28.7 Å². The molecule has 0 bridgehead atoms. The van der Waals surface area contributed by atoms with Crippen molar-refractivity contribution in [2.75, 3.05) is 6.61 Å². The standard InChI is InChI=1S/C28H24O13/c29-13-8-18(32)15-10-21(26(39-20(15)9-13)12-5-6-17(31)19(33)7-12)40-28-25(36)24(35)23(34)22(41-28)11-38-27(37)14-3-1-2-4-16(14)30/h1-10,22-25,28,30-36H,11H2/p+1/t22-,23-,24+,25-,28-/m1/s1. The molecule has 2 aromatic rings. The molecule has 8 N–H and O–H groups in total. The van der Waals surface area contributed by atoms with E-state index >= 15 is 0 Å². The van der Waals surface area contributed by atoms with Gasteiger partial charge in [0.05, 0.1) is 5.56 Å². The van der Waals surface area contributed by atoms with Crippen LogP contribution in [0, 0.1) is 0 Å². The van der Waals surface area contributed by atoms with Gasteiger partial charge < -0.3 is 59.2 Å². The lowest BCUT2D eigenvalue weighted by atomic mass is 9.99. The Bertz CT molecular complexity index is 1610. The second-order valence-corrected chi connectivity index (χ2v) is 9.26. The molecule has 214 valence electrons. The molecule has 0 saturated carbocycles. The van der Waals surface area contributed by atoms with Crippen molar-refractivity contribution < 1.29 is 59.2 Å². The molecule has 0 amide bonds. The van der Waals surface area contributed by atoms with Crippen LogP contribution >= 0.6 is 0 Å². The zero-order valence-electron chi connectivity index (χ0n) is 21.0. The lowest BCUT2D eigenvalue weighted by Crippen LogP contribution is -2.60. The lowest BCUT2D eigenvalue weighted by Gasteiger charge is -2.39. The molecule has 2 heterocycles. The zero-order chi connectivity index (χ0) is 29.4. The largest absolute Gasteiger partial charge is 0.521 e. The number of esters is 1. The van der Waals surface area contributed by atoms with E-state index in [0.29, 0.717) is 0 Å². The summed E-state index contributed by atoms with van der Waals surface area (Å²) >= 11 is 0. The van der Waals surface area contributed by atoms with Crippen LogP contribution in [0.4, 0.5) is 0 Å². The SMILES string of the molecule is O=c1cc2oc(-c3ccc(O)c(O)c3)c(O[C@@H]3O[C@H](COC(=[OH+])c4ccccc4O)[C@@H](O)[C@H](O)[C@H]3O)cc-2c(O)c1. The van der Waals surface area contributed by atoms with Gasteiger partial charge in [-0.25, -0.2) is 0 Å². The number of ether oxygens (including phenoxy) is 3. The van der Waals surface area contributed by atoms with Gasteiger partial charge in [0.15, 0.2) is 40.1 Å². The highest BCUT2D eigenvalue weighted by molar-refractivity contribution is 5.92. The minimum atomic E-state index is -1.81. The van der Waals surface area contributed by atoms with Crippen molar-refractivity contribution in [1.82, 2.24) is 0 Å². The molecular formula is C28H25O13+.